The molecule has 0 amide bonds. The zero-order valence-corrected chi connectivity index (χ0v) is 32.3. The second kappa shape index (κ2) is 13.6. The molecule has 0 aliphatic heterocycles. The zero-order valence-electron chi connectivity index (χ0n) is 32.3. The molecule has 0 fully saturated rings. The number of para-hydroxylation sites is 3. The molecule has 11 aromatic rings. The summed E-state index contributed by atoms with van der Waals surface area (Å²) in [5.74, 6) is 0.703. The number of hydrogen-bond acceptors (Lipinski definition) is 2. The van der Waals surface area contributed by atoms with E-state index in [2.05, 4.69) is 217 Å². The van der Waals surface area contributed by atoms with Crippen LogP contribution in [0, 0.1) is 13.8 Å². The maximum atomic E-state index is 5.12. The number of hydrogen-bond donors (Lipinski definition) is 0. The number of rotatable bonds is 6. The van der Waals surface area contributed by atoms with E-state index >= 15 is 0 Å². The van der Waals surface area contributed by atoms with E-state index in [1.54, 1.807) is 0 Å². The average Bonchev–Trinajstić information content (AvgIpc) is 3.79. The molecule has 0 saturated carbocycles. The highest BCUT2D eigenvalue weighted by molar-refractivity contribution is 6.12. The molecule has 3 aromatic heterocycles. The van der Waals surface area contributed by atoms with E-state index in [9.17, 15) is 0 Å². The Morgan fingerprint density at radius 2 is 0.759 bits per heavy atom. The smallest absolute Gasteiger partial charge is 0.160 e. The predicted octanol–water partition coefficient (Wildman–Crippen LogP) is 14.0. The topological polar surface area (TPSA) is 35.6 Å². The normalized spacial score (nSPS) is 11.6. The summed E-state index contributed by atoms with van der Waals surface area (Å²) in [6.45, 7) is 4.22. The Hall–Kier alpha value is -7.56. The van der Waals surface area contributed by atoms with Crippen molar-refractivity contribution in [1.82, 2.24) is 19.1 Å². The summed E-state index contributed by atoms with van der Waals surface area (Å²) >= 11 is 0. The van der Waals surface area contributed by atoms with Crippen LogP contribution in [-0.2, 0) is 0 Å². The second-order valence-electron chi connectivity index (χ2n) is 15.2. The number of aryl methyl sites for hydroxylation is 2. The molecule has 4 nitrogen and oxygen atoms in total. The third kappa shape index (κ3) is 5.69. The van der Waals surface area contributed by atoms with Crippen LogP contribution in [-0.4, -0.2) is 19.1 Å². The van der Waals surface area contributed by atoms with Crippen LogP contribution in [0.4, 0.5) is 0 Å². The molecule has 0 unspecified atom stereocenters. The average molecular weight is 743 g/mol. The monoisotopic (exact) mass is 742 g/mol. The minimum Gasteiger partial charge on any atom is -0.309 e. The van der Waals surface area contributed by atoms with Gasteiger partial charge in [0.2, 0.25) is 0 Å². The fourth-order valence-electron chi connectivity index (χ4n) is 8.52. The van der Waals surface area contributed by atoms with Crippen LogP contribution in [0.15, 0.2) is 194 Å². The number of nitrogens with zero attached hydrogens (tertiary/aromatic N) is 4. The lowest BCUT2D eigenvalue weighted by Crippen LogP contribution is -1.97. The Morgan fingerprint density at radius 3 is 1.40 bits per heavy atom. The van der Waals surface area contributed by atoms with Crippen molar-refractivity contribution in [1.29, 1.82) is 0 Å². The van der Waals surface area contributed by atoms with Gasteiger partial charge in [0.15, 0.2) is 5.82 Å². The van der Waals surface area contributed by atoms with Gasteiger partial charge in [0.1, 0.15) is 0 Å². The summed E-state index contributed by atoms with van der Waals surface area (Å²) in [5, 5.41) is 4.94. The summed E-state index contributed by atoms with van der Waals surface area (Å²) in [7, 11) is 0. The van der Waals surface area contributed by atoms with Gasteiger partial charge >= 0.3 is 0 Å². The molecule has 274 valence electrons. The Labute approximate surface area is 337 Å². The largest absolute Gasteiger partial charge is 0.309 e. The molecular weight excluding hydrogens is 705 g/mol. The molecule has 0 aliphatic carbocycles. The van der Waals surface area contributed by atoms with Crippen LogP contribution in [0.2, 0.25) is 0 Å². The highest BCUT2D eigenvalue weighted by Crippen LogP contribution is 2.38. The number of benzene rings is 8. The first-order valence-corrected chi connectivity index (χ1v) is 19.8. The molecule has 11 rings (SSSR count). The zero-order chi connectivity index (χ0) is 38.7. The standard InChI is InChI=1S/C54H38N4/c1-35-16-20-37(21-17-35)48-34-49(38-22-18-36(2)19-23-38)56-54(55-48)39-24-28-43(29-25-39)58-50-14-8-6-12-44(50)46-30-26-41(33-53(46)58)40-27-31-52-47(32-40)45-13-7-9-15-51(45)57(52)42-10-4-3-5-11-42/h3-34H,1-2H3. The van der Waals surface area contributed by atoms with Crippen LogP contribution >= 0.6 is 0 Å². The molecule has 0 aliphatic rings. The fraction of sp³-hybridized carbons (Fsp3) is 0.0370. The lowest BCUT2D eigenvalue weighted by Gasteiger charge is -2.12. The van der Waals surface area contributed by atoms with Crippen molar-refractivity contribution in [2.45, 2.75) is 13.8 Å². The highest BCUT2D eigenvalue weighted by atomic mass is 15.0. The Kier molecular flexibility index (Phi) is 7.90. The minimum atomic E-state index is 0.703. The SMILES string of the molecule is Cc1ccc(-c2cc(-c3ccc(C)cc3)nc(-c3ccc(-n4c5ccccc5c5ccc(-c6ccc7c(c6)c6ccccc6n7-c6ccccc6)cc54)cc3)n2)cc1. The first-order valence-electron chi connectivity index (χ1n) is 19.8. The van der Waals surface area contributed by atoms with Gasteiger partial charge in [-0.1, -0.05) is 132 Å². The Balaban J connectivity index is 1.03. The van der Waals surface area contributed by atoms with Gasteiger partial charge in [-0.15, -0.1) is 0 Å². The molecule has 0 bridgehead atoms. The van der Waals surface area contributed by atoms with E-state index in [0.717, 1.165) is 45.0 Å². The Bertz CT molecular complexity index is 3250. The predicted molar refractivity (Wildman–Crippen MR) is 242 cm³/mol. The third-order valence-corrected chi connectivity index (χ3v) is 11.5. The van der Waals surface area contributed by atoms with Gasteiger partial charge in [-0.25, -0.2) is 9.97 Å². The van der Waals surface area contributed by atoms with Crippen LogP contribution in [0.5, 0.6) is 0 Å². The summed E-state index contributed by atoms with van der Waals surface area (Å²) in [5.41, 5.74) is 16.7. The van der Waals surface area contributed by atoms with Gasteiger partial charge in [-0.05, 0) is 97.8 Å². The van der Waals surface area contributed by atoms with Gasteiger partial charge in [0.05, 0.1) is 33.5 Å². The molecule has 58 heavy (non-hydrogen) atoms. The van der Waals surface area contributed by atoms with E-state index in [4.69, 9.17) is 9.97 Å². The molecule has 3 heterocycles. The van der Waals surface area contributed by atoms with Crippen LogP contribution in [0.3, 0.4) is 0 Å². The van der Waals surface area contributed by atoms with Crippen molar-refractivity contribution < 1.29 is 0 Å². The quantitative estimate of drug-likeness (QED) is 0.170. The van der Waals surface area contributed by atoms with Crippen LogP contribution in [0.25, 0.3) is 100 Å². The van der Waals surface area contributed by atoms with Crippen molar-refractivity contribution in [3.8, 4) is 56.4 Å². The van der Waals surface area contributed by atoms with Gasteiger partial charge in [0.25, 0.3) is 0 Å². The molecular formula is C54H38N4. The molecule has 0 N–H and O–H groups in total. The van der Waals surface area contributed by atoms with E-state index in [0.29, 0.717) is 5.82 Å². The van der Waals surface area contributed by atoms with Crippen LogP contribution < -0.4 is 0 Å². The molecule has 0 spiro atoms. The highest BCUT2D eigenvalue weighted by Gasteiger charge is 2.17. The van der Waals surface area contributed by atoms with Crippen LogP contribution in [0.1, 0.15) is 11.1 Å². The first-order chi connectivity index (χ1) is 28.6. The van der Waals surface area contributed by atoms with Crippen molar-refractivity contribution in [3.63, 3.8) is 0 Å². The van der Waals surface area contributed by atoms with Crippen molar-refractivity contribution in [2.24, 2.45) is 0 Å². The molecule has 8 aromatic carbocycles. The maximum Gasteiger partial charge on any atom is 0.160 e. The van der Waals surface area contributed by atoms with Gasteiger partial charge in [0, 0.05) is 49.6 Å². The Morgan fingerprint density at radius 1 is 0.310 bits per heavy atom. The first kappa shape index (κ1) is 33.8. The number of aromatic nitrogens is 4. The maximum absolute atomic E-state index is 5.12. The van der Waals surface area contributed by atoms with E-state index in [1.165, 1.54) is 60.3 Å². The second-order valence-corrected chi connectivity index (χ2v) is 15.2. The minimum absolute atomic E-state index is 0.703. The lowest BCUT2D eigenvalue weighted by atomic mass is 10.0. The van der Waals surface area contributed by atoms with E-state index in [1.807, 2.05) is 0 Å². The summed E-state index contributed by atoms with van der Waals surface area (Å²) < 4.78 is 4.76. The lowest BCUT2D eigenvalue weighted by molar-refractivity contribution is 1.16. The summed E-state index contributed by atoms with van der Waals surface area (Å²) in [6.07, 6.45) is 0. The van der Waals surface area contributed by atoms with Gasteiger partial charge in [-0.2, -0.15) is 0 Å². The molecule has 4 heteroatoms. The fourth-order valence-corrected chi connectivity index (χ4v) is 8.52. The van der Waals surface area contributed by atoms with Gasteiger partial charge in [-0.3, -0.25) is 0 Å². The van der Waals surface area contributed by atoms with E-state index in [-0.39, 0.29) is 0 Å². The van der Waals surface area contributed by atoms with Crippen molar-refractivity contribution >= 4 is 43.6 Å². The molecule has 0 radical (unpaired) electrons. The summed E-state index contributed by atoms with van der Waals surface area (Å²) in [6, 6.07) is 69.8. The summed E-state index contributed by atoms with van der Waals surface area (Å²) in [4.78, 5) is 10.2. The third-order valence-electron chi connectivity index (χ3n) is 11.5. The number of fused-ring (bicyclic) bond motifs is 6. The van der Waals surface area contributed by atoms with Gasteiger partial charge < -0.3 is 9.13 Å². The van der Waals surface area contributed by atoms with E-state index < -0.39 is 0 Å². The van der Waals surface area contributed by atoms with Crippen molar-refractivity contribution in [2.75, 3.05) is 0 Å². The molecule has 0 atom stereocenters. The molecule has 0 saturated heterocycles. The van der Waals surface area contributed by atoms with Crippen molar-refractivity contribution in [3.05, 3.63) is 205 Å².